The molecule has 0 amide bonds. The summed E-state index contributed by atoms with van der Waals surface area (Å²) in [5.74, 6) is -17.4. The molecule has 0 unspecified atom stereocenters. The van der Waals surface area contributed by atoms with Gasteiger partial charge in [-0.2, -0.15) is 22.0 Å². The molecule has 27 heavy (non-hydrogen) atoms. The van der Waals surface area contributed by atoms with Crippen molar-refractivity contribution >= 4 is 5.97 Å². The Hall–Kier alpha value is -2.69. The number of hydrogen-bond acceptors (Lipinski definition) is 3. The first-order valence-corrected chi connectivity index (χ1v) is 6.90. The number of carbonyl (C=O) groups excluding carboxylic acids is 1. The van der Waals surface area contributed by atoms with E-state index in [0.717, 1.165) is 24.3 Å². The van der Waals surface area contributed by atoms with Crippen LogP contribution in [-0.4, -0.2) is 19.3 Å². The first kappa shape index (κ1) is 20.6. The highest BCUT2D eigenvalue weighted by Gasteiger charge is 2.64. The summed E-state index contributed by atoms with van der Waals surface area (Å²) in [7, 11) is 0.459. The van der Waals surface area contributed by atoms with Gasteiger partial charge in [0, 0.05) is 12.7 Å². The number of alkyl halides is 3. The van der Waals surface area contributed by atoms with Gasteiger partial charge in [0.1, 0.15) is 0 Å². The Balaban J connectivity index is 2.64. The van der Waals surface area contributed by atoms with Gasteiger partial charge in [-0.3, -0.25) is 0 Å². The summed E-state index contributed by atoms with van der Waals surface area (Å²) in [6.45, 7) is 0. The molecule has 0 aliphatic carbocycles. The summed E-state index contributed by atoms with van der Waals surface area (Å²) < 4.78 is 116. The molecule has 2 aromatic carbocycles. The number of esters is 1. The van der Waals surface area contributed by atoms with Crippen molar-refractivity contribution < 1.29 is 49.4 Å². The minimum atomic E-state index is -5.51. The molecular weight excluding hydrogens is 392 g/mol. The molecular formula is C16H8F8O3. The third-order valence-electron chi connectivity index (χ3n) is 3.54. The summed E-state index contributed by atoms with van der Waals surface area (Å²) in [6, 6.07) is 5.10. The van der Waals surface area contributed by atoms with Crippen LogP contribution >= 0.6 is 0 Å². The summed E-state index contributed by atoms with van der Waals surface area (Å²) in [4.78, 5) is 12.2. The van der Waals surface area contributed by atoms with Crippen molar-refractivity contribution in [3.63, 3.8) is 0 Å². The van der Waals surface area contributed by atoms with E-state index < -0.39 is 58.1 Å². The quantitative estimate of drug-likeness (QED) is 0.251. The minimum absolute atomic E-state index is 0.459. The lowest BCUT2D eigenvalue weighted by Gasteiger charge is -2.32. The molecule has 146 valence electrons. The molecule has 0 fully saturated rings. The fourth-order valence-electron chi connectivity index (χ4n) is 2.23. The van der Waals surface area contributed by atoms with Crippen LogP contribution in [0.3, 0.4) is 0 Å². The summed E-state index contributed by atoms with van der Waals surface area (Å²) in [5.41, 5.74) is -4.72. The minimum Gasteiger partial charge on any atom is -0.417 e. The summed E-state index contributed by atoms with van der Waals surface area (Å²) in [6.07, 6.45) is -5.51. The molecule has 0 saturated carbocycles. The Bertz CT molecular complexity index is 837. The number of rotatable bonds is 4. The molecule has 0 aromatic heterocycles. The second kappa shape index (κ2) is 7.14. The zero-order valence-electron chi connectivity index (χ0n) is 13.1. The molecule has 0 spiro atoms. The molecule has 3 nitrogen and oxygen atoms in total. The summed E-state index contributed by atoms with van der Waals surface area (Å²) >= 11 is 0. The van der Waals surface area contributed by atoms with Gasteiger partial charge in [-0.1, -0.05) is 30.3 Å². The number of hydrogen-bond donors (Lipinski definition) is 0. The van der Waals surface area contributed by atoms with E-state index in [4.69, 9.17) is 0 Å². The van der Waals surface area contributed by atoms with E-state index in [0.29, 0.717) is 7.11 Å². The molecule has 11 heteroatoms. The van der Waals surface area contributed by atoms with Crippen LogP contribution in [-0.2, 0) is 15.1 Å². The number of benzene rings is 2. The van der Waals surface area contributed by atoms with Crippen molar-refractivity contribution in [2.24, 2.45) is 0 Å². The van der Waals surface area contributed by atoms with Gasteiger partial charge in [0.25, 0.3) is 5.60 Å². The van der Waals surface area contributed by atoms with Crippen LogP contribution in [0.2, 0.25) is 0 Å². The molecule has 1 atom stereocenters. The highest BCUT2D eigenvalue weighted by Crippen LogP contribution is 2.43. The fourth-order valence-corrected chi connectivity index (χ4v) is 2.23. The first-order chi connectivity index (χ1) is 12.5. The molecule has 0 N–H and O–H groups in total. The number of halogens is 8. The Kier molecular flexibility index (Phi) is 5.45. The Labute approximate surface area is 146 Å². The SMILES string of the molecule is CO[C@](C(=O)Oc1c(F)c(F)c(F)c(F)c1F)(c1ccccc1)C(F)(F)F. The van der Waals surface area contributed by atoms with E-state index in [1.165, 1.54) is 6.07 Å². The monoisotopic (exact) mass is 400 g/mol. The molecule has 0 saturated heterocycles. The zero-order chi connectivity index (χ0) is 20.6. The average Bonchev–Trinajstić information content (AvgIpc) is 2.62. The molecule has 0 heterocycles. The van der Waals surface area contributed by atoms with E-state index >= 15 is 0 Å². The number of methoxy groups -OCH3 is 1. The number of ether oxygens (including phenoxy) is 2. The van der Waals surface area contributed by atoms with Gasteiger partial charge >= 0.3 is 12.1 Å². The van der Waals surface area contributed by atoms with Gasteiger partial charge in [-0.15, -0.1) is 0 Å². The van der Waals surface area contributed by atoms with Gasteiger partial charge in [0.15, 0.2) is 0 Å². The lowest BCUT2D eigenvalue weighted by atomic mass is 9.92. The Morgan fingerprint density at radius 2 is 1.26 bits per heavy atom. The highest BCUT2D eigenvalue weighted by atomic mass is 19.4. The van der Waals surface area contributed by atoms with Crippen molar-refractivity contribution in [3.8, 4) is 5.75 Å². The maximum Gasteiger partial charge on any atom is 0.432 e. The van der Waals surface area contributed by atoms with E-state index in [1.54, 1.807) is 0 Å². The average molecular weight is 400 g/mol. The Morgan fingerprint density at radius 3 is 1.67 bits per heavy atom. The topological polar surface area (TPSA) is 35.5 Å². The van der Waals surface area contributed by atoms with Crippen LogP contribution in [0.1, 0.15) is 5.56 Å². The first-order valence-electron chi connectivity index (χ1n) is 6.90. The van der Waals surface area contributed by atoms with Crippen molar-refractivity contribution in [2.75, 3.05) is 7.11 Å². The lowest BCUT2D eigenvalue weighted by molar-refractivity contribution is -0.272. The van der Waals surface area contributed by atoms with Crippen LogP contribution in [0.5, 0.6) is 5.75 Å². The van der Waals surface area contributed by atoms with E-state index in [1.807, 2.05) is 0 Å². The molecule has 2 aromatic rings. The van der Waals surface area contributed by atoms with Gasteiger partial charge < -0.3 is 9.47 Å². The van der Waals surface area contributed by atoms with Gasteiger partial charge in [-0.25, -0.2) is 18.0 Å². The van der Waals surface area contributed by atoms with Crippen LogP contribution in [0.4, 0.5) is 35.1 Å². The molecule has 2 rings (SSSR count). The standard InChI is InChI=1S/C16H8F8O3/c1-26-15(16(22,23)24,7-5-3-2-4-6-7)14(25)27-13-11(20)9(18)8(17)10(19)12(13)21/h2-6H,1H3/t15-/m0/s1. The Morgan fingerprint density at radius 1 is 0.815 bits per heavy atom. The third kappa shape index (κ3) is 3.22. The van der Waals surface area contributed by atoms with E-state index in [9.17, 15) is 39.9 Å². The van der Waals surface area contributed by atoms with Gasteiger partial charge in [-0.05, 0) is 0 Å². The fraction of sp³-hybridized carbons (Fsp3) is 0.188. The van der Waals surface area contributed by atoms with Crippen LogP contribution in [0.15, 0.2) is 30.3 Å². The molecule has 0 aliphatic heterocycles. The predicted molar refractivity (Wildman–Crippen MR) is 73.1 cm³/mol. The predicted octanol–water partition coefficient (Wildman–Crippen LogP) is 4.39. The van der Waals surface area contributed by atoms with Crippen molar-refractivity contribution in [1.29, 1.82) is 0 Å². The van der Waals surface area contributed by atoms with Crippen molar-refractivity contribution in [3.05, 3.63) is 65.0 Å². The van der Waals surface area contributed by atoms with Crippen LogP contribution < -0.4 is 4.74 Å². The van der Waals surface area contributed by atoms with Gasteiger partial charge in [0.2, 0.25) is 34.8 Å². The second-order valence-corrected chi connectivity index (χ2v) is 5.04. The van der Waals surface area contributed by atoms with Crippen LogP contribution in [0.25, 0.3) is 0 Å². The maximum absolute atomic E-state index is 13.6. The maximum atomic E-state index is 13.6. The van der Waals surface area contributed by atoms with E-state index in [-0.39, 0.29) is 0 Å². The van der Waals surface area contributed by atoms with Crippen molar-refractivity contribution in [2.45, 2.75) is 11.8 Å². The molecule has 0 radical (unpaired) electrons. The zero-order valence-corrected chi connectivity index (χ0v) is 13.1. The van der Waals surface area contributed by atoms with Crippen LogP contribution in [0, 0.1) is 29.1 Å². The lowest BCUT2D eigenvalue weighted by Crippen LogP contribution is -2.53. The second-order valence-electron chi connectivity index (χ2n) is 5.04. The molecule has 0 bridgehead atoms. The van der Waals surface area contributed by atoms with E-state index in [2.05, 4.69) is 9.47 Å². The number of carbonyl (C=O) groups is 1. The highest BCUT2D eigenvalue weighted by molar-refractivity contribution is 5.84. The third-order valence-corrected chi connectivity index (χ3v) is 3.54. The normalized spacial score (nSPS) is 14.0. The summed E-state index contributed by atoms with van der Waals surface area (Å²) in [5, 5.41) is 0. The van der Waals surface area contributed by atoms with Crippen molar-refractivity contribution in [1.82, 2.24) is 0 Å². The molecule has 0 aliphatic rings. The van der Waals surface area contributed by atoms with Gasteiger partial charge in [0.05, 0.1) is 0 Å². The largest absolute Gasteiger partial charge is 0.432 e. The smallest absolute Gasteiger partial charge is 0.417 e.